The van der Waals surface area contributed by atoms with Gasteiger partial charge < -0.3 is 5.11 Å². The number of benzene rings is 1. The van der Waals surface area contributed by atoms with Crippen molar-refractivity contribution in [2.75, 3.05) is 0 Å². The van der Waals surface area contributed by atoms with Gasteiger partial charge in [0.2, 0.25) is 0 Å². The van der Waals surface area contributed by atoms with Crippen LogP contribution in [0.2, 0.25) is 0 Å². The molecule has 1 rings (SSSR count). The van der Waals surface area contributed by atoms with E-state index in [0.717, 1.165) is 5.56 Å². The third-order valence-corrected chi connectivity index (χ3v) is 1.97. The summed E-state index contributed by atoms with van der Waals surface area (Å²) in [5, 5.41) is 8.37. The Hall–Kier alpha value is -1.31. The highest BCUT2D eigenvalue weighted by atomic mass is 16.4. The molecule has 0 heterocycles. The SMILES string of the molecule is CCCC.O=C(O)CCc1ccccc1. The van der Waals surface area contributed by atoms with Crippen molar-refractivity contribution >= 4 is 5.97 Å². The highest BCUT2D eigenvalue weighted by Crippen LogP contribution is 2.01. The summed E-state index contributed by atoms with van der Waals surface area (Å²) in [6.07, 6.45) is 3.47. The van der Waals surface area contributed by atoms with Crippen molar-refractivity contribution in [3.8, 4) is 0 Å². The second-order valence-electron chi connectivity index (χ2n) is 3.38. The number of carboxylic acid groups (broad SMARTS) is 1. The fraction of sp³-hybridized carbons (Fsp3) is 0.462. The van der Waals surface area contributed by atoms with Crippen molar-refractivity contribution in [2.24, 2.45) is 0 Å². The minimum absolute atomic E-state index is 0.212. The largest absolute Gasteiger partial charge is 0.481 e. The Kier molecular flexibility index (Phi) is 8.44. The van der Waals surface area contributed by atoms with E-state index in [9.17, 15) is 4.79 Å². The first-order valence-electron chi connectivity index (χ1n) is 5.46. The second kappa shape index (κ2) is 9.25. The fourth-order valence-electron chi connectivity index (χ4n) is 0.896. The summed E-state index contributed by atoms with van der Waals surface area (Å²) in [4.78, 5) is 10.2. The van der Waals surface area contributed by atoms with Crippen LogP contribution in [-0.2, 0) is 11.2 Å². The molecule has 0 fully saturated rings. The number of rotatable bonds is 4. The highest BCUT2D eigenvalue weighted by Gasteiger charge is 1.96. The normalized spacial score (nSPS) is 8.93. The van der Waals surface area contributed by atoms with Crippen LogP contribution < -0.4 is 0 Å². The van der Waals surface area contributed by atoms with Crippen molar-refractivity contribution in [3.05, 3.63) is 35.9 Å². The van der Waals surface area contributed by atoms with Gasteiger partial charge in [0.15, 0.2) is 0 Å². The first-order valence-corrected chi connectivity index (χ1v) is 5.46. The summed E-state index contributed by atoms with van der Waals surface area (Å²) < 4.78 is 0. The van der Waals surface area contributed by atoms with E-state index in [4.69, 9.17) is 5.11 Å². The van der Waals surface area contributed by atoms with Gasteiger partial charge in [-0.1, -0.05) is 57.0 Å². The van der Waals surface area contributed by atoms with E-state index < -0.39 is 5.97 Å². The zero-order chi connectivity index (χ0) is 11.5. The van der Waals surface area contributed by atoms with Crippen LogP contribution in [0.5, 0.6) is 0 Å². The summed E-state index contributed by atoms with van der Waals surface area (Å²) in [6, 6.07) is 9.62. The Balaban J connectivity index is 0.000000423. The molecule has 1 N–H and O–H groups in total. The van der Waals surface area contributed by atoms with E-state index in [2.05, 4.69) is 13.8 Å². The molecule has 0 aliphatic rings. The molecule has 1 aromatic carbocycles. The molecule has 0 saturated heterocycles. The molecule has 0 atom stereocenters. The van der Waals surface area contributed by atoms with E-state index in [1.54, 1.807) is 0 Å². The van der Waals surface area contributed by atoms with Crippen molar-refractivity contribution < 1.29 is 9.90 Å². The van der Waals surface area contributed by atoms with Crippen LogP contribution in [0.15, 0.2) is 30.3 Å². The van der Waals surface area contributed by atoms with Crippen molar-refractivity contribution in [1.82, 2.24) is 0 Å². The molecule has 2 heteroatoms. The molecule has 0 bridgehead atoms. The summed E-state index contributed by atoms with van der Waals surface area (Å²) in [5.41, 5.74) is 1.08. The zero-order valence-electron chi connectivity index (χ0n) is 9.57. The summed E-state index contributed by atoms with van der Waals surface area (Å²) in [5.74, 6) is -0.742. The molecule has 0 radical (unpaired) electrons. The Morgan fingerprint density at radius 3 is 2.07 bits per heavy atom. The van der Waals surface area contributed by atoms with Crippen molar-refractivity contribution in [1.29, 1.82) is 0 Å². The lowest BCUT2D eigenvalue weighted by molar-refractivity contribution is -0.136. The third kappa shape index (κ3) is 9.01. The number of hydrogen-bond donors (Lipinski definition) is 1. The molecule has 0 amide bonds. The minimum atomic E-state index is -0.742. The lowest BCUT2D eigenvalue weighted by Crippen LogP contribution is -1.96. The molecular weight excluding hydrogens is 188 g/mol. The monoisotopic (exact) mass is 208 g/mol. The Bertz CT molecular complexity index is 252. The number of unbranched alkanes of at least 4 members (excludes halogenated alkanes) is 1. The fourth-order valence-corrected chi connectivity index (χ4v) is 0.896. The predicted molar refractivity (Wildman–Crippen MR) is 63.0 cm³/mol. The van der Waals surface area contributed by atoms with Crippen LogP contribution in [0, 0.1) is 0 Å². The van der Waals surface area contributed by atoms with Crippen LogP contribution in [0.1, 0.15) is 38.7 Å². The van der Waals surface area contributed by atoms with Gasteiger partial charge in [0.05, 0.1) is 0 Å². The topological polar surface area (TPSA) is 37.3 Å². The molecule has 0 unspecified atom stereocenters. The van der Waals surface area contributed by atoms with Gasteiger partial charge in [0, 0.05) is 6.42 Å². The van der Waals surface area contributed by atoms with Gasteiger partial charge in [-0.05, 0) is 12.0 Å². The lowest BCUT2D eigenvalue weighted by Gasteiger charge is -1.95. The van der Waals surface area contributed by atoms with Crippen LogP contribution in [0.3, 0.4) is 0 Å². The molecule has 0 aromatic heterocycles. The van der Waals surface area contributed by atoms with Gasteiger partial charge in [0.25, 0.3) is 0 Å². The minimum Gasteiger partial charge on any atom is -0.481 e. The molecular formula is C13H20O2. The predicted octanol–water partition coefficient (Wildman–Crippen LogP) is 3.51. The molecule has 2 nitrogen and oxygen atoms in total. The van der Waals surface area contributed by atoms with Crippen molar-refractivity contribution in [3.63, 3.8) is 0 Å². The van der Waals surface area contributed by atoms with E-state index in [-0.39, 0.29) is 6.42 Å². The van der Waals surface area contributed by atoms with E-state index in [0.29, 0.717) is 6.42 Å². The first-order chi connectivity index (χ1) is 7.20. The molecule has 0 saturated carbocycles. The summed E-state index contributed by atoms with van der Waals surface area (Å²) >= 11 is 0. The maximum absolute atomic E-state index is 10.2. The molecule has 0 aliphatic carbocycles. The van der Waals surface area contributed by atoms with Crippen LogP contribution >= 0.6 is 0 Å². The van der Waals surface area contributed by atoms with E-state index in [1.807, 2.05) is 30.3 Å². The van der Waals surface area contributed by atoms with E-state index >= 15 is 0 Å². The third-order valence-electron chi connectivity index (χ3n) is 1.97. The molecule has 1 aromatic rings. The van der Waals surface area contributed by atoms with Crippen molar-refractivity contribution in [2.45, 2.75) is 39.5 Å². The molecule has 15 heavy (non-hydrogen) atoms. The lowest BCUT2D eigenvalue weighted by atomic mass is 10.1. The first kappa shape index (κ1) is 13.7. The number of hydrogen-bond acceptors (Lipinski definition) is 1. The molecule has 84 valence electrons. The zero-order valence-corrected chi connectivity index (χ0v) is 9.57. The number of carbonyl (C=O) groups is 1. The maximum atomic E-state index is 10.2. The Morgan fingerprint density at radius 2 is 1.67 bits per heavy atom. The number of carboxylic acids is 1. The second-order valence-corrected chi connectivity index (χ2v) is 3.38. The molecule has 0 aliphatic heterocycles. The van der Waals surface area contributed by atoms with Gasteiger partial charge in [-0.2, -0.15) is 0 Å². The van der Waals surface area contributed by atoms with Gasteiger partial charge in [-0.25, -0.2) is 0 Å². The van der Waals surface area contributed by atoms with Gasteiger partial charge in [-0.15, -0.1) is 0 Å². The van der Waals surface area contributed by atoms with E-state index in [1.165, 1.54) is 12.8 Å². The average Bonchev–Trinajstić information content (AvgIpc) is 2.28. The summed E-state index contributed by atoms with van der Waals surface area (Å²) in [7, 11) is 0. The van der Waals surface area contributed by atoms with Gasteiger partial charge >= 0.3 is 5.97 Å². The summed E-state index contributed by atoms with van der Waals surface area (Å²) in [6.45, 7) is 4.36. The van der Waals surface area contributed by atoms with Crippen LogP contribution in [0.4, 0.5) is 0 Å². The highest BCUT2D eigenvalue weighted by molar-refractivity contribution is 5.67. The van der Waals surface area contributed by atoms with Crippen LogP contribution in [-0.4, -0.2) is 11.1 Å². The smallest absolute Gasteiger partial charge is 0.303 e. The quantitative estimate of drug-likeness (QED) is 0.822. The maximum Gasteiger partial charge on any atom is 0.303 e. The average molecular weight is 208 g/mol. The number of aryl methyl sites for hydroxylation is 1. The van der Waals surface area contributed by atoms with Gasteiger partial charge in [-0.3, -0.25) is 4.79 Å². The standard InChI is InChI=1S/C9H10O2.C4H10/c10-9(11)7-6-8-4-2-1-3-5-8;1-3-4-2/h1-5H,6-7H2,(H,10,11);3-4H2,1-2H3. The Morgan fingerprint density at radius 1 is 1.13 bits per heavy atom. The van der Waals surface area contributed by atoms with Gasteiger partial charge in [0.1, 0.15) is 0 Å². The Labute approximate surface area is 91.9 Å². The molecule has 0 spiro atoms. The van der Waals surface area contributed by atoms with Crippen LogP contribution in [0.25, 0.3) is 0 Å². The number of aliphatic carboxylic acids is 1.